The summed E-state index contributed by atoms with van der Waals surface area (Å²) in [6.45, 7) is 3.99. The van der Waals surface area contributed by atoms with E-state index in [1.807, 2.05) is 31.2 Å². The monoisotopic (exact) mass is 315 g/mol. The predicted molar refractivity (Wildman–Crippen MR) is 93.1 cm³/mol. The highest BCUT2D eigenvalue weighted by atomic mass is 32.2. The van der Waals surface area contributed by atoms with Crippen molar-refractivity contribution in [3.8, 4) is 0 Å². The fourth-order valence-electron chi connectivity index (χ4n) is 2.15. The maximum atomic E-state index is 12.0. The molecule has 0 heterocycles. The number of aliphatic hydroxyl groups is 1. The highest BCUT2D eigenvalue weighted by molar-refractivity contribution is 7.99. The van der Waals surface area contributed by atoms with Gasteiger partial charge in [0.2, 0.25) is 5.91 Å². The average molecular weight is 315 g/mol. The number of thioether (sulfide) groups is 1. The third kappa shape index (κ3) is 4.90. The SMILES string of the molecule is Cc1cccc(CSCC(=O)Nc2cc(CO)ccc2C)c1. The van der Waals surface area contributed by atoms with Crippen LogP contribution in [0.4, 0.5) is 5.69 Å². The maximum Gasteiger partial charge on any atom is 0.234 e. The zero-order valence-electron chi connectivity index (χ0n) is 12.9. The van der Waals surface area contributed by atoms with Crippen molar-refractivity contribution in [2.75, 3.05) is 11.1 Å². The van der Waals surface area contributed by atoms with Gasteiger partial charge in [0.1, 0.15) is 0 Å². The zero-order valence-corrected chi connectivity index (χ0v) is 13.7. The summed E-state index contributed by atoms with van der Waals surface area (Å²) in [5, 5.41) is 12.1. The van der Waals surface area contributed by atoms with Gasteiger partial charge in [0.25, 0.3) is 0 Å². The minimum atomic E-state index is -0.0226. The number of amides is 1. The minimum absolute atomic E-state index is 0.0177. The molecule has 0 aliphatic rings. The largest absolute Gasteiger partial charge is 0.392 e. The van der Waals surface area contributed by atoms with Gasteiger partial charge in [-0.05, 0) is 36.6 Å². The number of hydrogen-bond acceptors (Lipinski definition) is 3. The molecule has 0 saturated carbocycles. The zero-order chi connectivity index (χ0) is 15.9. The second-order valence-electron chi connectivity index (χ2n) is 5.34. The lowest BCUT2D eigenvalue weighted by atomic mass is 10.1. The molecule has 0 fully saturated rings. The lowest BCUT2D eigenvalue weighted by Crippen LogP contribution is -2.15. The van der Waals surface area contributed by atoms with Gasteiger partial charge < -0.3 is 10.4 Å². The summed E-state index contributed by atoms with van der Waals surface area (Å²) < 4.78 is 0. The van der Waals surface area contributed by atoms with Gasteiger partial charge in [0, 0.05) is 11.4 Å². The second kappa shape index (κ2) is 8.01. The normalized spacial score (nSPS) is 10.5. The number of anilines is 1. The van der Waals surface area contributed by atoms with E-state index in [-0.39, 0.29) is 12.5 Å². The van der Waals surface area contributed by atoms with Crippen molar-refractivity contribution >= 4 is 23.4 Å². The topological polar surface area (TPSA) is 49.3 Å². The van der Waals surface area contributed by atoms with E-state index in [2.05, 4.69) is 30.4 Å². The molecule has 2 rings (SSSR count). The number of carbonyl (C=O) groups excluding carboxylic acids is 1. The first-order chi connectivity index (χ1) is 10.6. The first kappa shape index (κ1) is 16.6. The number of aliphatic hydroxyl groups excluding tert-OH is 1. The minimum Gasteiger partial charge on any atom is -0.392 e. The molecule has 4 heteroatoms. The molecule has 0 spiro atoms. The lowest BCUT2D eigenvalue weighted by Gasteiger charge is -2.10. The van der Waals surface area contributed by atoms with Crippen molar-refractivity contribution in [2.24, 2.45) is 0 Å². The first-order valence-corrected chi connectivity index (χ1v) is 8.37. The van der Waals surface area contributed by atoms with E-state index >= 15 is 0 Å². The Kier molecular flexibility index (Phi) is 6.04. The fraction of sp³-hybridized carbons (Fsp3) is 0.278. The van der Waals surface area contributed by atoms with E-state index in [9.17, 15) is 4.79 Å². The van der Waals surface area contributed by atoms with E-state index in [0.29, 0.717) is 5.75 Å². The lowest BCUT2D eigenvalue weighted by molar-refractivity contribution is -0.113. The van der Waals surface area contributed by atoms with Crippen molar-refractivity contribution in [1.29, 1.82) is 0 Å². The number of carbonyl (C=O) groups is 1. The van der Waals surface area contributed by atoms with Crippen LogP contribution in [-0.4, -0.2) is 16.8 Å². The van der Waals surface area contributed by atoms with Crippen LogP contribution in [0.25, 0.3) is 0 Å². The Balaban J connectivity index is 1.85. The van der Waals surface area contributed by atoms with Gasteiger partial charge in [-0.1, -0.05) is 42.0 Å². The van der Waals surface area contributed by atoms with Crippen molar-refractivity contribution in [1.82, 2.24) is 0 Å². The van der Waals surface area contributed by atoms with Gasteiger partial charge in [0.15, 0.2) is 0 Å². The molecule has 0 radical (unpaired) electrons. The van der Waals surface area contributed by atoms with Gasteiger partial charge in [-0.2, -0.15) is 0 Å². The van der Waals surface area contributed by atoms with Crippen molar-refractivity contribution in [2.45, 2.75) is 26.2 Å². The molecular weight excluding hydrogens is 294 g/mol. The molecular formula is C18H21NO2S. The predicted octanol–water partition coefficient (Wildman–Crippen LogP) is 3.67. The summed E-state index contributed by atoms with van der Waals surface area (Å²) in [5.41, 5.74) is 5.03. The Bertz CT molecular complexity index is 655. The Hall–Kier alpha value is -1.78. The average Bonchev–Trinajstić information content (AvgIpc) is 2.49. The van der Waals surface area contributed by atoms with Crippen LogP contribution >= 0.6 is 11.8 Å². The van der Waals surface area contributed by atoms with Gasteiger partial charge in [-0.15, -0.1) is 11.8 Å². The van der Waals surface area contributed by atoms with Crippen LogP contribution in [0.3, 0.4) is 0 Å². The Morgan fingerprint density at radius 3 is 2.68 bits per heavy atom. The van der Waals surface area contributed by atoms with E-state index in [0.717, 1.165) is 22.6 Å². The Morgan fingerprint density at radius 1 is 1.14 bits per heavy atom. The third-order valence-corrected chi connectivity index (χ3v) is 4.35. The molecule has 2 N–H and O–H groups in total. The van der Waals surface area contributed by atoms with Crippen molar-refractivity contribution in [3.05, 3.63) is 64.7 Å². The summed E-state index contributed by atoms with van der Waals surface area (Å²) in [7, 11) is 0. The van der Waals surface area contributed by atoms with Crippen LogP contribution in [-0.2, 0) is 17.2 Å². The molecule has 0 aliphatic heterocycles. The molecule has 0 aromatic heterocycles. The molecule has 2 aromatic carbocycles. The number of hydrogen-bond donors (Lipinski definition) is 2. The standard InChI is InChI=1S/C18H21NO2S/c1-13-4-3-5-16(8-13)11-22-12-18(21)19-17-9-15(10-20)7-6-14(17)2/h3-9,20H,10-12H2,1-2H3,(H,19,21). The number of aryl methyl sites for hydroxylation is 2. The Labute approximate surface area is 135 Å². The second-order valence-corrected chi connectivity index (χ2v) is 6.32. The maximum absolute atomic E-state index is 12.0. The van der Waals surface area contributed by atoms with Crippen molar-refractivity contribution in [3.63, 3.8) is 0 Å². The molecule has 1 amide bonds. The van der Waals surface area contributed by atoms with Crippen molar-refractivity contribution < 1.29 is 9.90 Å². The smallest absolute Gasteiger partial charge is 0.234 e. The molecule has 2 aromatic rings. The molecule has 116 valence electrons. The fourth-order valence-corrected chi connectivity index (χ4v) is 2.93. The van der Waals surface area contributed by atoms with Gasteiger partial charge >= 0.3 is 0 Å². The molecule has 22 heavy (non-hydrogen) atoms. The van der Waals surface area contributed by atoms with Crippen LogP contribution < -0.4 is 5.32 Å². The summed E-state index contributed by atoms with van der Waals surface area (Å²) >= 11 is 1.60. The molecule has 0 atom stereocenters. The number of nitrogens with one attached hydrogen (secondary N) is 1. The molecule has 0 saturated heterocycles. The molecule has 0 unspecified atom stereocenters. The third-order valence-electron chi connectivity index (χ3n) is 3.34. The quantitative estimate of drug-likeness (QED) is 0.855. The van der Waals surface area contributed by atoms with Gasteiger partial charge in [0.05, 0.1) is 12.4 Å². The number of rotatable bonds is 6. The summed E-state index contributed by atoms with van der Waals surface area (Å²) in [4.78, 5) is 12.0. The van der Waals surface area contributed by atoms with E-state index < -0.39 is 0 Å². The van der Waals surface area contributed by atoms with E-state index in [4.69, 9.17) is 5.11 Å². The first-order valence-electron chi connectivity index (χ1n) is 7.22. The summed E-state index contributed by atoms with van der Waals surface area (Å²) in [6.07, 6.45) is 0. The summed E-state index contributed by atoms with van der Waals surface area (Å²) in [5.74, 6) is 1.22. The van der Waals surface area contributed by atoms with Crippen LogP contribution in [0.2, 0.25) is 0 Å². The Morgan fingerprint density at radius 2 is 1.95 bits per heavy atom. The van der Waals surface area contributed by atoms with E-state index in [1.54, 1.807) is 11.8 Å². The van der Waals surface area contributed by atoms with Gasteiger partial charge in [-0.3, -0.25) is 4.79 Å². The highest BCUT2D eigenvalue weighted by Crippen LogP contribution is 2.18. The molecule has 0 aliphatic carbocycles. The highest BCUT2D eigenvalue weighted by Gasteiger charge is 2.06. The van der Waals surface area contributed by atoms with E-state index in [1.165, 1.54) is 11.1 Å². The summed E-state index contributed by atoms with van der Waals surface area (Å²) in [6, 6.07) is 13.9. The van der Waals surface area contributed by atoms with Gasteiger partial charge in [-0.25, -0.2) is 0 Å². The van der Waals surface area contributed by atoms with Crippen LogP contribution in [0.15, 0.2) is 42.5 Å². The van der Waals surface area contributed by atoms with Crippen LogP contribution in [0.5, 0.6) is 0 Å². The molecule has 0 bridgehead atoms. The molecule has 3 nitrogen and oxygen atoms in total. The van der Waals surface area contributed by atoms with Crippen LogP contribution in [0.1, 0.15) is 22.3 Å². The number of benzene rings is 2. The van der Waals surface area contributed by atoms with Crippen LogP contribution in [0, 0.1) is 13.8 Å².